The van der Waals surface area contributed by atoms with Gasteiger partial charge < -0.3 is 0 Å². The first-order valence-electron chi connectivity index (χ1n) is 18.0. The molecule has 252 valence electrons. The van der Waals surface area contributed by atoms with Crippen molar-refractivity contribution >= 4 is 86.2 Å². The molecule has 11 aromatic rings. The number of fused-ring (bicyclic) bond motifs is 9. The zero-order valence-corrected chi connectivity index (χ0v) is 30.4. The van der Waals surface area contributed by atoms with Crippen molar-refractivity contribution in [2.45, 2.75) is 0 Å². The Morgan fingerprint density at radius 2 is 0.963 bits per heavy atom. The highest BCUT2D eigenvalue weighted by Crippen LogP contribution is 2.42. The van der Waals surface area contributed by atoms with Gasteiger partial charge >= 0.3 is 0 Å². The third kappa shape index (κ3) is 5.07. The minimum absolute atomic E-state index is 0.165. The summed E-state index contributed by atoms with van der Waals surface area (Å²) < 4.78 is 2.52. The van der Waals surface area contributed by atoms with Gasteiger partial charge in [-0.2, -0.15) is 9.97 Å². The van der Waals surface area contributed by atoms with Gasteiger partial charge in [-0.15, -0.1) is 11.3 Å². The zero-order chi connectivity index (χ0) is 35.8. The Morgan fingerprint density at radius 3 is 1.85 bits per heavy atom. The number of hydrogen-bond acceptors (Lipinski definition) is 4. The van der Waals surface area contributed by atoms with Crippen LogP contribution in [0.2, 0.25) is 5.28 Å². The SMILES string of the molecule is Clc1nc(-c2cccc(-c3ccc4cccc(-c5ccc6ccc7ccccc7c6c5)c4c3)c2)nc(-c2cc3c4ccccc4sc3c3ccccc23)n1. The van der Waals surface area contributed by atoms with E-state index in [1.807, 2.05) is 17.4 Å². The summed E-state index contributed by atoms with van der Waals surface area (Å²) in [6.45, 7) is 0. The molecule has 0 spiro atoms. The second-order valence-electron chi connectivity index (χ2n) is 13.7. The molecule has 2 heterocycles. The van der Waals surface area contributed by atoms with Crippen molar-refractivity contribution in [3.05, 3.63) is 175 Å². The van der Waals surface area contributed by atoms with Crippen LogP contribution in [0.25, 0.3) is 108 Å². The monoisotopic (exact) mass is 725 g/mol. The van der Waals surface area contributed by atoms with E-state index in [0.29, 0.717) is 11.6 Å². The van der Waals surface area contributed by atoms with Gasteiger partial charge in [0.15, 0.2) is 11.6 Å². The number of nitrogens with zero attached hydrogens (tertiary/aromatic N) is 3. The van der Waals surface area contributed by atoms with E-state index in [9.17, 15) is 0 Å². The van der Waals surface area contributed by atoms with Crippen molar-refractivity contribution in [1.29, 1.82) is 0 Å². The van der Waals surface area contributed by atoms with E-state index in [2.05, 4.69) is 174 Å². The molecule has 0 unspecified atom stereocenters. The van der Waals surface area contributed by atoms with Crippen LogP contribution < -0.4 is 0 Å². The molecule has 0 saturated heterocycles. The minimum Gasteiger partial charge on any atom is -0.208 e. The maximum Gasteiger partial charge on any atom is 0.226 e. The number of thiophene rings is 1. The standard InChI is InChI=1S/C49H28ClN3S/c50-49-52-47(51-48(53-49)44-28-43-39-15-5-6-18-45(39)54-46(43)40-16-4-3-14-38(40)44)35-12-7-11-32(25-35)33-23-21-30-10-8-17-37(41(30)26-33)34-24-22-31-20-19-29-9-1-2-13-36(29)42(31)27-34/h1-28H. The Labute approximate surface area is 319 Å². The van der Waals surface area contributed by atoms with Crippen LogP contribution in [0.4, 0.5) is 0 Å². The van der Waals surface area contributed by atoms with Crippen LogP contribution in [0.5, 0.6) is 0 Å². The molecule has 0 aliphatic heterocycles. The number of benzene rings is 9. The lowest BCUT2D eigenvalue weighted by Crippen LogP contribution is -1.98. The number of halogens is 1. The molecule has 54 heavy (non-hydrogen) atoms. The van der Waals surface area contributed by atoms with Gasteiger partial charge in [-0.3, -0.25) is 0 Å². The van der Waals surface area contributed by atoms with Crippen molar-refractivity contribution in [2.24, 2.45) is 0 Å². The Bertz CT molecular complexity index is 3310. The summed E-state index contributed by atoms with van der Waals surface area (Å²) in [6.07, 6.45) is 0. The molecule has 0 atom stereocenters. The van der Waals surface area contributed by atoms with Crippen LogP contribution in [0.3, 0.4) is 0 Å². The van der Waals surface area contributed by atoms with Crippen molar-refractivity contribution in [2.75, 3.05) is 0 Å². The van der Waals surface area contributed by atoms with Crippen molar-refractivity contribution < 1.29 is 0 Å². The third-order valence-electron chi connectivity index (χ3n) is 10.6. The van der Waals surface area contributed by atoms with Crippen LogP contribution in [0.1, 0.15) is 0 Å². The Morgan fingerprint density at radius 1 is 0.352 bits per heavy atom. The van der Waals surface area contributed by atoms with E-state index < -0.39 is 0 Å². The summed E-state index contributed by atoms with van der Waals surface area (Å²) in [5.74, 6) is 1.10. The molecule has 9 aromatic carbocycles. The molecule has 0 amide bonds. The van der Waals surface area contributed by atoms with E-state index in [4.69, 9.17) is 16.6 Å². The highest BCUT2D eigenvalue weighted by molar-refractivity contribution is 7.26. The molecule has 0 saturated carbocycles. The van der Waals surface area contributed by atoms with Gasteiger partial charge in [-0.05, 0) is 102 Å². The lowest BCUT2D eigenvalue weighted by molar-refractivity contribution is 1.07. The average molecular weight is 726 g/mol. The van der Waals surface area contributed by atoms with Crippen molar-refractivity contribution in [3.63, 3.8) is 0 Å². The Kier molecular flexibility index (Phi) is 7.09. The number of hydrogen-bond donors (Lipinski definition) is 0. The summed E-state index contributed by atoms with van der Waals surface area (Å²) in [6, 6.07) is 60.7. The van der Waals surface area contributed by atoms with E-state index in [1.165, 1.54) is 69.0 Å². The van der Waals surface area contributed by atoms with Crippen LogP contribution in [0, 0.1) is 0 Å². The largest absolute Gasteiger partial charge is 0.226 e. The van der Waals surface area contributed by atoms with Gasteiger partial charge in [0.1, 0.15) is 0 Å². The van der Waals surface area contributed by atoms with Crippen LogP contribution in [-0.4, -0.2) is 15.0 Å². The summed E-state index contributed by atoms with van der Waals surface area (Å²) in [7, 11) is 0. The molecule has 11 rings (SSSR count). The summed E-state index contributed by atoms with van der Waals surface area (Å²) in [4.78, 5) is 14.4. The van der Waals surface area contributed by atoms with E-state index in [1.54, 1.807) is 0 Å². The smallest absolute Gasteiger partial charge is 0.208 e. The zero-order valence-electron chi connectivity index (χ0n) is 28.8. The first-order valence-corrected chi connectivity index (χ1v) is 19.1. The fourth-order valence-electron chi connectivity index (χ4n) is 8.04. The average Bonchev–Trinajstić information content (AvgIpc) is 3.61. The Hall–Kier alpha value is -6.46. The molecular weight excluding hydrogens is 698 g/mol. The summed E-state index contributed by atoms with van der Waals surface area (Å²) in [5.41, 5.74) is 6.40. The quantitative estimate of drug-likeness (QED) is 0.170. The highest BCUT2D eigenvalue weighted by Gasteiger charge is 2.17. The van der Waals surface area contributed by atoms with Crippen LogP contribution in [0.15, 0.2) is 170 Å². The topological polar surface area (TPSA) is 38.7 Å². The molecule has 0 bridgehead atoms. The van der Waals surface area contributed by atoms with Gasteiger partial charge in [-0.1, -0.05) is 140 Å². The highest BCUT2D eigenvalue weighted by atomic mass is 35.5. The Balaban J connectivity index is 1.02. The predicted molar refractivity (Wildman–Crippen MR) is 229 cm³/mol. The minimum atomic E-state index is 0.165. The maximum atomic E-state index is 6.70. The second kappa shape index (κ2) is 12.3. The fraction of sp³-hybridized carbons (Fsp3) is 0. The fourth-order valence-corrected chi connectivity index (χ4v) is 9.42. The first kappa shape index (κ1) is 31.1. The second-order valence-corrected chi connectivity index (χ2v) is 15.1. The summed E-state index contributed by atoms with van der Waals surface area (Å²) in [5, 5.41) is 12.3. The molecule has 0 N–H and O–H groups in total. The number of aromatic nitrogens is 3. The predicted octanol–water partition coefficient (Wildman–Crippen LogP) is 14.2. The normalized spacial score (nSPS) is 11.8. The molecule has 0 radical (unpaired) electrons. The molecule has 5 heteroatoms. The van der Waals surface area contributed by atoms with Gasteiger partial charge in [0, 0.05) is 36.7 Å². The van der Waals surface area contributed by atoms with Gasteiger partial charge in [0.25, 0.3) is 0 Å². The van der Waals surface area contributed by atoms with E-state index >= 15 is 0 Å². The lowest BCUT2D eigenvalue weighted by Gasteiger charge is -2.12. The first-order chi connectivity index (χ1) is 26.6. The van der Waals surface area contributed by atoms with Crippen LogP contribution in [-0.2, 0) is 0 Å². The lowest BCUT2D eigenvalue weighted by atomic mass is 9.92. The van der Waals surface area contributed by atoms with Gasteiger partial charge in [0.05, 0.1) is 0 Å². The molecule has 0 aliphatic rings. The maximum absolute atomic E-state index is 6.70. The van der Waals surface area contributed by atoms with Gasteiger partial charge in [-0.25, -0.2) is 4.98 Å². The van der Waals surface area contributed by atoms with Crippen molar-refractivity contribution in [3.8, 4) is 45.0 Å². The molecule has 0 fully saturated rings. The summed E-state index contributed by atoms with van der Waals surface area (Å²) >= 11 is 8.52. The van der Waals surface area contributed by atoms with Gasteiger partial charge in [0.2, 0.25) is 5.28 Å². The molecule has 3 nitrogen and oxygen atoms in total. The molecule has 0 aliphatic carbocycles. The number of rotatable bonds is 4. The third-order valence-corrected chi connectivity index (χ3v) is 12.0. The van der Waals surface area contributed by atoms with E-state index in [-0.39, 0.29) is 5.28 Å². The van der Waals surface area contributed by atoms with Crippen molar-refractivity contribution in [1.82, 2.24) is 15.0 Å². The van der Waals surface area contributed by atoms with Crippen LogP contribution >= 0.6 is 22.9 Å². The van der Waals surface area contributed by atoms with E-state index in [0.717, 1.165) is 27.6 Å². The molecular formula is C49H28ClN3S. The molecule has 2 aromatic heterocycles.